The number of aromatic nitrogens is 2. The molecule has 0 saturated carbocycles. The van der Waals surface area contributed by atoms with E-state index in [-0.39, 0.29) is 0 Å². The number of hydrogen-bond acceptors (Lipinski definition) is 1. The molecule has 2 radical (unpaired) electrons. The monoisotopic (exact) mass is 258 g/mol. The van der Waals surface area contributed by atoms with E-state index >= 15 is 0 Å². The predicted molar refractivity (Wildman–Crippen MR) is 48.3 cm³/mol. The molecule has 1 aromatic heterocycles. The molecule has 0 bridgehead atoms. The third-order valence-electron chi connectivity index (χ3n) is 1.21. The van der Waals surface area contributed by atoms with Crippen molar-refractivity contribution < 1.29 is 0 Å². The maximum atomic E-state index is 4.34. The van der Waals surface area contributed by atoms with Gasteiger partial charge in [-0.25, -0.2) is 0 Å². The number of rotatable bonds is 1. The van der Waals surface area contributed by atoms with Crippen LogP contribution in [0.3, 0.4) is 0 Å². The molecular weight excluding hydrogens is 243 g/mol. The molecule has 0 spiro atoms. The van der Waals surface area contributed by atoms with Crippen LogP contribution in [0.1, 0.15) is 20.8 Å². The van der Waals surface area contributed by atoms with Crippen LogP contribution >= 0.6 is 0 Å². The van der Waals surface area contributed by atoms with Gasteiger partial charge in [-0.15, -0.1) is 0 Å². The topological polar surface area (TPSA) is 17.8 Å². The van der Waals surface area contributed by atoms with Crippen molar-refractivity contribution in [3.63, 3.8) is 0 Å². The number of aryl methyl sites for hydroxylation is 1. The van der Waals surface area contributed by atoms with Crippen LogP contribution in [-0.4, -0.2) is 30.7 Å². The van der Waals surface area contributed by atoms with Crippen LogP contribution in [0.25, 0.3) is 0 Å². The molecule has 0 N–H and O–H groups in total. The van der Waals surface area contributed by atoms with Crippen molar-refractivity contribution in [3.8, 4) is 0 Å². The second kappa shape index (κ2) is 3.17. The van der Waals surface area contributed by atoms with Gasteiger partial charge < -0.3 is 0 Å². The molecule has 0 amide bonds. The number of imidazole rings is 1. The molecule has 11 heavy (non-hydrogen) atoms. The fourth-order valence-electron chi connectivity index (χ4n) is 0.862. The Kier molecular flexibility index (Phi) is 2.62. The molecule has 1 aromatic rings. The molecule has 0 aromatic carbocycles. The van der Waals surface area contributed by atoms with Crippen molar-refractivity contribution >= 4 is 24.9 Å². The van der Waals surface area contributed by atoms with Crippen molar-refractivity contribution in [2.24, 2.45) is 7.05 Å². The van der Waals surface area contributed by atoms with Crippen LogP contribution in [-0.2, 0) is 7.05 Å². The molecule has 0 saturated heterocycles. The summed E-state index contributed by atoms with van der Waals surface area (Å²) in [6, 6.07) is 0. The summed E-state index contributed by atoms with van der Waals surface area (Å²) in [5.74, 6) is 0. The zero-order valence-corrected chi connectivity index (χ0v) is 10.4. The summed E-state index contributed by atoms with van der Waals surface area (Å²) in [6.07, 6.45) is 4.04. The Morgan fingerprint density at radius 3 is 2.45 bits per heavy atom. The van der Waals surface area contributed by atoms with Gasteiger partial charge in [0.15, 0.2) is 0 Å². The molecule has 60 valence electrons. The summed E-state index contributed by atoms with van der Waals surface area (Å²) in [5, 5.41) is 0. The molecule has 1 heterocycles. The van der Waals surface area contributed by atoms with Gasteiger partial charge in [0.1, 0.15) is 0 Å². The van der Waals surface area contributed by atoms with E-state index in [2.05, 4.69) is 32.0 Å². The van der Waals surface area contributed by atoms with Crippen LogP contribution < -0.4 is 3.71 Å². The van der Waals surface area contributed by atoms with E-state index in [1.165, 1.54) is 3.71 Å². The summed E-state index contributed by atoms with van der Waals surface area (Å²) in [6.45, 7) is 6.90. The first kappa shape index (κ1) is 9.10. The van der Waals surface area contributed by atoms with Gasteiger partial charge in [0.25, 0.3) is 0 Å². The number of hydrogen-bond donors (Lipinski definition) is 0. The first-order chi connectivity index (χ1) is 4.97. The van der Waals surface area contributed by atoms with Gasteiger partial charge in [-0.1, -0.05) is 0 Å². The Morgan fingerprint density at radius 2 is 2.09 bits per heavy atom. The second-order valence-corrected chi connectivity index (χ2v) is 10.3. The van der Waals surface area contributed by atoms with Crippen LogP contribution in [0.5, 0.6) is 0 Å². The summed E-state index contributed by atoms with van der Waals surface area (Å²) in [5.41, 5.74) is 0. The Hall–Kier alpha value is 0.00870. The average Bonchev–Trinajstić information content (AvgIpc) is 2.10. The van der Waals surface area contributed by atoms with E-state index in [4.69, 9.17) is 0 Å². The Balaban J connectivity index is 2.65. The van der Waals surface area contributed by atoms with E-state index in [0.717, 1.165) is 0 Å². The van der Waals surface area contributed by atoms with Crippen molar-refractivity contribution in [3.05, 3.63) is 12.5 Å². The van der Waals surface area contributed by atoms with Gasteiger partial charge in [0.05, 0.1) is 0 Å². The van der Waals surface area contributed by atoms with Crippen LogP contribution in [0.2, 0.25) is 3.43 Å². The molecule has 0 aliphatic heterocycles. The normalized spacial score (nSPS) is 12.0. The molecule has 0 aliphatic rings. The second-order valence-electron chi connectivity index (χ2n) is 3.80. The van der Waals surface area contributed by atoms with E-state index in [1.54, 1.807) is 0 Å². The van der Waals surface area contributed by atoms with Crippen molar-refractivity contribution in [2.45, 2.75) is 24.2 Å². The maximum absolute atomic E-state index is 4.34. The van der Waals surface area contributed by atoms with Crippen LogP contribution in [0, 0.1) is 0 Å². The fraction of sp³-hybridized carbons (Fsp3) is 0.625. The first-order valence-corrected chi connectivity index (χ1v) is 6.59. The zero-order chi connectivity index (χ0) is 8.48. The molecule has 3 heteroatoms. The predicted octanol–water partition coefficient (Wildman–Crippen LogP) is 0.968. The van der Waals surface area contributed by atoms with Gasteiger partial charge in [0.2, 0.25) is 0 Å². The van der Waals surface area contributed by atoms with E-state index < -0.39 is 21.1 Å². The van der Waals surface area contributed by atoms with E-state index in [1.807, 2.05) is 17.9 Å². The molecule has 2 nitrogen and oxygen atoms in total. The van der Waals surface area contributed by atoms with Gasteiger partial charge in [-0.3, -0.25) is 0 Å². The molecule has 0 atom stereocenters. The average molecular weight is 257 g/mol. The Labute approximate surface area is 78.2 Å². The first-order valence-electron chi connectivity index (χ1n) is 3.73. The third-order valence-corrected chi connectivity index (χ3v) is 4.82. The van der Waals surface area contributed by atoms with Crippen LogP contribution in [0.15, 0.2) is 12.5 Å². The fourth-order valence-corrected chi connectivity index (χ4v) is 4.17. The number of nitrogens with zero attached hydrogens (tertiary/aromatic N) is 2. The Morgan fingerprint density at radius 1 is 1.45 bits per heavy atom. The van der Waals surface area contributed by atoms with Gasteiger partial charge in [-0.2, -0.15) is 0 Å². The van der Waals surface area contributed by atoms with Crippen molar-refractivity contribution in [1.29, 1.82) is 0 Å². The molecular formula is C8H14N2Sn. The summed E-state index contributed by atoms with van der Waals surface area (Å²) >= 11 is -0.461. The quantitative estimate of drug-likeness (QED) is 0.685. The molecule has 0 aliphatic carbocycles. The van der Waals surface area contributed by atoms with E-state index in [0.29, 0.717) is 3.43 Å². The summed E-state index contributed by atoms with van der Waals surface area (Å²) in [4.78, 5) is 4.34. The van der Waals surface area contributed by atoms with E-state index in [9.17, 15) is 0 Å². The van der Waals surface area contributed by atoms with Crippen molar-refractivity contribution in [2.75, 3.05) is 0 Å². The minimum atomic E-state index is -0.461. The third kappa shape index (κ3) is 3.27. The molecule has 0 fully saturated rings. The minimum absolute atomic E-state index is 0.461. The van der Waals surface area contributed by atoms with Gasteiger partial charge >= 0.3 is 78.2 Å². The Bertz CT molecular complexity index is 234. The van der Waals surface area contributed by atoms with Crippen LogP contribution in [0.4, 0.5) is 0 Å². The van der Waals surface area contributed by atoms with Gasteiger partial charge in [-0.05, 0) is 0 Å². The standard InChI is InChI=1S/C4H5N2.C4H9.Sn/c1-6-3-2-5-4-6;1-4(2)3;/h3-4H,1H3;1-3H3;. The molecule has 0 unspecified atom stereocenters. The molecule has 1 rings (SSSR count). The van der Waals surface area contributed by atoms with Crippen molar-refractivity contribution in [1.82, 2.24) is 9.55 Å². The summed E-state index contributed by atoms with van der Waals surface area (Å²) in [7, 11) is 2.03. The van der Waals surface area contributed by atoms with Gasteiger partial charge in [0, 0.05) is 0 Å². The SMILES string of the molecule is Cn1cn[c]([Sn][C](C)(C)C)c1. The summed E-state index contributed by atoms with van der Waals surface area (Å²) < 4.78 is 3.89. The zero-order valence-electron chi connectivity index (χ0n) is 7.55.